The van der Waals surface area contributed by atoms with Gasteiger partial charge in [-0.25, -0.2) is 0 Å². The molecule has 1 amide bonds. The number of ether oxygens (including phenoxy) is 3. The number of carbonyl (C=O) groups excluding carboxylic acids is 1. The highest BCUT2D eigenvalue weighted by molar-refractivity contribution is 6.06. The molecule has 0 atom stereocenters. The Hall–Kier alpha value is -3.16. The van der Waals surface area contributed by atoms with Gasteiger partial charge in [0, 0.05) is 17.8 Å². The Bertz CT molecular complexity index is 878. The van der Waals surface area contributed by atoms with Gasteiger partial charge in [0.25, 0.3) is 5.91 Å². The van der Waals surface area contributed by atoms with Gasteiger partial charge >= 0.3 is 6.18 Å². The van der Waals surface area contributed by atoms with Crippen LogP contribution in [0, 0.1) is 0 Å². The number of carbonyl (C=O) groups is 1. The summed E-state index contributed by atoms with van der Waals surface area (Å²) in [5.74, 6) is 0.820. The van der Waals surface area contributed by atoms with E-state index in [1.165, 1.54) is 25.3 Å². The molecule has 142 valence electrons. The molecule has 8 heteroatoms. The molecule has 0 unspecified atom stereocenters. The second kappa shape index (κ2) is 7.61. The summed E-state index contributed by atoms with van der Waals surface area (Å²) in [6, 6.07) is 9.16. The summed E-state index contributed by atoms with van der Waals surface area (Å²) >= 11 is 0. The first kappa shape index (κ1) is 18.6. The molecule has 0 aliphatic carbocycles. The summed E-state index contributed by atoms with van der Waals surface area (Å²) in [7, 11) is 1.34. The van der Waals surface area contributed by atoms with Crippen molar-refractivity contribution < 1.29 is 32.2 Å². The highest BCUT2D eigenvalue weighted by Gasteiger charge is 2.22. The fourth-order valence-electron chi connectivity index (χ4n) is 2.51. The Morgan fingerprint density at radius 1 is 1.11 bits per heavy atom. The van der Waals surface area contributed by atoms with Crippen molar-refractivity contribution in [3.8, 4) is 17.2 Å². The lowest BCUT2D eigenvalue weighted by Gasteiger charge is -2.19. The maximum absolute atomic E-state index is 12.5. The molecule has 2 aromatic carbocycles. The quantitative estimate of drug-likeness (QED) is 0.861. The summed E-state index contributed by atoms with van der Waals surface area (Å²) in [6.45, 7) is 0.885. The number of methoxy groups -OCH3 is 1. The van der Waals surface area contributed by atoms with Crippen LogP contribution in [0.15, 0.2) is 42.5 Å². The molecule has 1 N–H and O–H groups in total. The number of alkyl halides is 3. The van der Waals surface area contributed by atoms with E-state index in [0.29, 0.717) is 30.4 Å². The third-order valence-electron chi connectivity index (χ3n) is 3.74. The molecule has 1 aliphatic heterocycles. The predicted octanol–water partition coefficient (Wildman–Crippen LogP) is 4.29. The highest BCUT2D eigenvalue weighted by Crippen LogP contribution is 2.33. The van der Waals surface area contributed by atoms with Crippen LogP contribution >= 0.6 is 0 Å². The fraction of sp³-hybridized carbons (Fsp3) is 0.211. The van der Waals surface area contributed by atoms with Crippen molar-refractivity contribution in [3.05, 3.63) is 53.6 Å². The zero-order valence-electron chi connectivity index (χ0n) is 14.3. The summed E-state index contributed by atoms with van der Waals surface area (Å²) in [5, 5.41) is 2.71. The molecule has 2 aromatic rings. The van der Waals surface area contributed by atoms with Gasteiger partial charge in [-0.05, 0) is 35.9 Å². The second-order valence-electron chi connectivity index (χ2n) is 5.65. The van der Waals surface area contributed by atoms with E-state index in [2.05, 4.69) is 5.32 Å². The molecular weight excluding hydrogens is 363 g/mol. The third-order valence-corrected chi connectivity index (χ3v) is 3.74. The van der Waals surface area contributed by atoms with Gasteiger partial charge in [-0.15, -0.1) is 0 Å². The van der Waals surface area contributed by atoms with Crippen LogP contribution in [0.25, 0.3) is 6.08 Å². The van der Waals surface area contributed by atoms with Crippen LogP contribution in [-0.4, -0.2) is 32.4 Å². The molecule has 1 aliphatic rings. The average molecular weight is 379 g/mol. The van der Waals surface area contributed by atoms with E-state index >= 15 is 0 Å². The van der Waals surface area contributed by atoms with E-state index in [1.807, 2.05) is 0 Å². The van der Waals surface area contributed by atoms with Crippen molar-refractivity contribution in [2.45, 2.75) is 6.18 Å². The molecule has 3 rings (SSSR count). The maximum atomic E-state index is 12.5. The lowest BCUT2D eigenvalue weighted by molar-refractivity contribution is -0.0790. The first-order valence-corrected chi connectivity index (χ1v) is 8.01. The van der Waals surface area contributed by atoms with Crippen LogP contribution < -0.4 is 19.5 Å². The number of benzene rings is 2. The molecule has 0 saturated heterocycles. The number of halogens is 3. The molecule has 0 fully saturated rings. The fourth-order valence-corrected chi connectivity index (χ4v) is 2.51. The lowest BCUT2D eigenvalue weighted by atomic mass is 10.1. The van der Waals surface area contributed by atoms with Crippen LogP contribution in [0.3, 0.4) is 0 Å². The number of hydrogen-bond donors (Lipinski definition) is 1. The normalized spacial score (nSPS) is 13.5. The van der Waals surface area contributed by atoms with E-state index in [0.717, 1.165) is 6.08 Å². The maximum Gasteiger partial charge on any atom is 0.409 e. The van der Waals surface area contributed by atoms with Crippen molar-refractivity contribution >= 4 is 17.7 Å². The van der Waals surface area contributed by atoms with Crippen LogP contribution in [0.5, 0.6) is 17.2 Å². The van der Waals surface area contributed by atoms with Crippen molar-refractivity contribution in [3.63, 3.8) is 0 Å². The van der Waals surface area contributed by atoms with E-state index < -0.39 is 12.1 Å². The van der Waals surface area contributed by atoms with Gasteiger partial charge in [0.05, 0.1) is 12.7 Å². The largest absolute Gasteiger partial charge is 0.496 e. The second-order valence-corrected chi connectivity index (χ2v) is 5.65. The van der Waals surface area contributed by atoms with Crippen LogP contribution in [-0.2, 0) is 0 Å². The van der Waals surface area contributed by atoms with E-state index in [1.54, 1.807) is 18.2 Å². The number of allylic oxidation sites excluding steroid dienone is 1. The zero-order chi connectivity index (χ0) is 19.4. The van der Waals surface area contributed by atoms with Crippen molar-refractivity contribution in [1.29, 1.82) is 0 Å². The summed E-state index contributed by atoms with van der Waals surface area (Å²) in [6.07, 6.45) is -3.39. The monoisotopic (exact) mass is 379 g/mol. The van der Waals surface area contributed by atoms with E-state index in [-0.39, 0.29) is 23.0 Å². The first-order chi connectivity index (χ1) is 12.9. The highest BCUT2D eigenvalue weighted by atomic mass is 19.4. The molecule has 0 bridgehead atoms. The average Bonchev–Trinajstić information content (AvgIpc) is 2.65. The summed E-state index contributed by atoms with van der Waals surface area (Å²) in [5.41, 5.74) is 0.948. The number of hydrogen-bond acceptors (Lipinski definition) is 4. The Morgan fingerprint density at radius 3 is 2.56 bits per heavy atom. The van der Waals surface area contributed by atoms with Crippen molar-refractivity contribution in [2.75, 3.05) is 25.6 Å². The van der Waals surface area contributed by atoms with Gasteiger partial charge in [0.1, 0.15) is 19.0 Å². The van der Waals surface area contributed by atoms with Gasteiger partial charge in [0.2, 0.25) is 0 Å². The number of fused-ring (bicyclic) bond motifs is 1. The Labute approximate surface area is 153 Å². The number of nitrogens with one attached hydrogen (secondary N) is 1. The van der Waals surface area contributed by atoms with Crippen LogP contribution in [0.1, 0.15) is 15.9 Å². The smallest absolute Gasteiger partial charge is 0.409 e. The van der Waals surface area contributed by atoms with Gasteiger partial charge in [-0.1, -0.05) is 6.07 Å². The Balaban J connectivity index is 1.79. The molecule has 1 heterocycles. The van der Waals surface area contributed by atoms with Crippen LogP contribution in [0.2, 0.25) is 0 Å². The Morgan fingerprint density at radius 2 is 1.85 bits per heavy atom. The lowest BCUT2D eigenvalue weighted by Crippen LogP contribution is -2.16. The van der Waals surface area contributed by atoms with E-state index in [9.17, 15) is 18.0 Å². The topological polar surface area (TPSA) is 56.8 Å². The van der Waals surface area contributed by atoms with Crippen LogP contribution in [0.4, 0.5) is 18.9 Å². The van der Waals surface area contributed by atoms with Crippen molar-refractivity contribution in [1.82, 2.24) is 0 Å². The standard InChI is InChI=1S/C19H16F3NO4/c1-25-16-10-12(6-7-19(20,21)22)2-4-14(16)18(24)23-13-3-5-15-17(11-13)27-9-8-26-15/h2-7,10-11H,8-9H2,1H3,(H,23,24)/b7-6+. The number of amides is 1. The van der Waals surface area contributed by atoms with Crippen molar-refractivity contribution in [2.24, 2.45) is 0 Å². The molecule has 5 nitrogen and oxygen atoms in total. The minimum Gasteiger partial charge on any atom is -0.496 e. The molecule has 0 aromatic heterocycles. The first-order valence-electron chi connectivity index (χ1n) is 8.01. The third kappa shape index (κ3) is 4.72. The van der Waals surface area contributed by atoms with Gasteiger partial charge < -0.3 is 19.5 Å². The molecule has 27 heavy (non-hydrogen) atoms. The minimum atomic E-state index is -4.42. The van der Waals surface area contributed by atoms with Gasteiger partial charge in [-0.3, -0.25) is 4.79 Å². The summed E-state index contributed by atoms with van der Waals surface area (Å²) < 4.78 is 52.9. The van der Waals surface area contributed by atoms with E-state index in [4.69, 9.17) is 14.2 Å². The molecule has 0 radical (unpaired) electrons. The number of rotatable bonds is 4. The Kier molecular flexibility index (Phi) is 5.25. The predicted molar refractivity (Wildman–Crippen MR) is 93.5 cm³/mol. The molecule has 0 saturated carbocycles. The summed E-state index contributed by atoms with van der Waals surface area (Å²) in [4.78, 5) is 12.5. The van der Waals surface area contributed by atoms with Gasteiger partial charge in [-0.2, -0.15) is 13.2 Å². The zero-order valence-corrected chi connectivity index (χ0v) is 14.3. The molecule has 0 spiro atoms. The molecular formula is C19H16F3NO4. The minimum absolute atomic E-state index is 0.122. The van der Waals surface area contributed by atoms with Gasteiger partial charge in [0.15, 0.2) is 11.5 Å². The SMILES string of the molecule is COc1cc(/C=C/C(F)(F)F)ccc1C(=O)Nc1ccc2c(c1)OCCO2. The number of anilines is 1.